The molecule has 3 aromatic rings. The summed E-state index contributed by atoms with van der Waals surface area (Å²) in [6.45, 7) is 0. The largest absolute Gasteiger partial charge is 0.298 e. The Balaban J connectivity index is 1.76. The van der Waals surface area contributed by atoms with E-state index < -0.39 is 21.7 Å². The molecule has 10 heteroatoms. The topological polar surface area (TPSA) is 79.4 Å². The Hall–Kier alpha value is -2.49. The van der Waals surface area contributed by atoms with Crippen LogP contribution in [-0.2, 0) is 10.0 Å². The third-order valence-electron chi connectivity index (χ3n) is 3.92. The maximum Gasteiger partial charge on any atom is 0.260 e. The highest BCUT2D eigenvalue weighted by molar-refractivity contribution is 7.92. The molecule has 0 aliphatic carbocycles. The molecule has 0 aliphatic heterocycles. The van der Waals surface area contributed by atoms with Crippen LogP contribution in [0.15, 0.2) is 47.8 Å². The Bertz CT molecular complexity index is 1130. The van der Waals surface area contributed by atoms with E-state index in [1.807, 2.05) is 0 Å². The van der Waals surface area contributed by atoms with E-state index in [1.54, 1.807) is 29.6 Å². The molecule has 0 saturated carbocycles. The van der Waals surface area contributed by atoms with Gasteiger partial charge >= 0.3 is 0 Å². The zero-order valence-corrected chi connectivity index (χ0v) is 17.2. The van der Waals surface area contributed by atoms with E-state index in [2.05, 4.69) is 10.3 Å². The number of aromatic nitrogens is 1. The van der Waals surface area contributed by atoms with Crippen LogP contribution in [0.5, 0.6) is 0 Å². The summed E-state index contributed by atoms with van der Waals surface area (Å²) in [5.41, 5.74) is 1.74. The van der Waals surface area contributed by atoms with E-state index in [4.69, 9.17) is 11.6 Å². The molecule has 1 amide bonds. The summed E-state index contributed by atoms with van der Waals surface area (Å²) in [5.74, 6) is -1.34. The molecule has 0 bridgehead atoms. The van der Waals surface area contributed by atoms with Crippen LogP contribution in [0.2, 0.25) is 5.02 Å². The Kier molecular flexibility index (Phi) is 5.69. The molecule has 0 unspecified atom stereocenters. The summed E-state index contributed by atoms with van der Waals surface area (Å²) in [6, 6.07) is 10.6. The van der Waals surface area contributed by atoms with Crippen molar-refractivity contribution in [2.45, 2.75) is 0 Å². The van der Waals surface area contributed by atoms with Gasteiger partial charge in [0.05, 0.1) is 23.2 Å². The monoisotopic (exact) mass is 439 g/mol. The van der Waals surface area contributed by atoms with Crippen LogP contribution in [0.1, 0.15) is 10.4 Å². The van der Waals surface area contributed by atoms with Crippen molar-refractivity contribution < 1.29 is 17.6 Å². The molecule has 0 saturated heterocycles. The molecule has 0 spiro atoms. The molecular weight excluding hydrogens is 425 g/mol. The number of carbonyl (C=O) groups excluding carboxylic acids is 1. The molecule has 1 N–H and O–H groups in total. The van der Waals surface area contributed by atoms with E-state index >= 15 is 0 Å². The summed E-state index contributed by atoms with van der Waals surface area (Å²) >= 11 is 6.88. The molecule has 1 heterocycles. The van der Waals surface area contributed by atoms with Gasteiger partial charge in [-0.3, -0.25) is 14.4 Å². The lowest BCUT2D eigenvalue weighted by molar-refractivity contribution is 0.102. The molecule has 0 fully saturated rings. The van der Waals surface area contributed by atoms with Crippen LogP contribution >= 0.6 is 22.9 Å². The number of anilines is 2. The van der Waals surface area contributed by atoms with Crippen molar-refractivity contribution in [1.29, 1.82) is 0 Å². The number of thiazole rings is 1. The van der Waals surface area contributed by atoms with Crippen molar-refractivity contribution in [1.82, 2.24) is 4.98 Å². The average Bonchev–Trinajstić information content (AvgIpc) is 3.08. The van der Waals surface area contributed by atoms with Gasteiger partial charge in [0, 0.05) is 23.0 Å². The molecule has 6 nitrogen and oxygen atoms in total. The standard InChI is InChI=1S/C18H15ClFN3O3S2/c1-23(28(2,25)26)13-6-3-11(4-7-13)16-10-27-18(21-16)22-17(24)14-8-5-12(19)9-15(14)20/h3-10H,1-2H3,(H,21,22,24). The molecular formula is C18H15ClFN3O3S2. The summed E-state index contributed by atoms with van der Waals surface area (Å²) < 4.78 is 38.2. The molecule has 2 aromatic carbocycles. The molecule has 0 atom stereocenters. The molecule has 146 valence electrons. The number of amides is 1. The summed E-state index contributed by atoms with van der Waals surface area (Å²) in [7, 11) is -1.87. The van der Waals surface area contributed by atoms with Gasteiger partial charge < -0.3 is 0 Å². The Morgan fingerprint density at radius 1 is 1.21 bits per heavy atom. The number of rotatable bonds is 5. The van der Waals surface area contributed by atoms with Gasteiger partial charge in [-0.1, -0.05) is 23.7 Å². The van der Waals surface area contributed by atoms with Crippen LogP contribution in [-0.4, -0.2) is 32.6 Å². The van der Waals surface area contributed by atoms with Gasteiger partial charge in [-0.05, 0) is 30.3 Å². The van der Waals surface area contributed by atoms with Gasteiger partial charge in [-0.15, -0.1) is 11.3 Å². The third-order valence-corrected chi connectivity index (χ3v) is 6.12. The summed E-state index contributed by atoms with van der Waals surface area (Å²) in [4.78, 5) is 16.5. The minimum absolute atomic E-state index is 0.130. The highest BCUT2D eigenvalue weighted by atomic mass is 35.5. The van der Waals surface area contributed by atoms with Crippen molar-refractivity contribution >= 4 is 49.7 Å². The number of sulfonamides is 1. The molecule has 1 aromatic heterocycles. The van der Waals surface area contributed by atoms with Crippen LogP contribution in [0.4, 0.5) is 15.2 Å². The maximum atomic E-state index is 13.9. The Morgan fingerprint density at radius 2 is 1.89 bits per heavy atom. The molecule has 0 radical (unpaired) electrons. The van der Waals surface area contributed by atoms with Gasteiger partial charge in [0.1, 0.15) is 5.82 Å². The van der Waals surface area contributed by atoms with E-state index in [0.717, 1.165) is 17.9 Å². The van der Waals surface area contributed by atoms with Crippen LogP contribution in [0.3, 0.4) is 0 Å². The number of carbonyl (C=O) groups is 1. The number of nitrogens with one attached hydrogen (secondary N) is 1. The van der Waals surface area contributed by atoms with Gasteiger partial charge in [0.25, 0.3) is 5.91 Å². The summed E-state index contributed by atoms with van der Waals surface area (Å²) in [5, 5.41) is 4.81. The predicted molar refractivity (Wildman–Crippen MR) is 110 cm³/mol. The second-order valence-corrected chi connectivity index (χ2v) is 9.20. The average molecular weight is 440 g/mol. The first-order chi connectivity index (χ1) is 13.1. The van der Waals surface area contributed by atoms with E-state index in [0.29, 0.717) is 16.5 Å². The Labute approximate surface area is 170 Å². The lowest BCUT2D eigenvalue weighted by Gasteiger charge is -2.16. The van der Waals surface area contributed by atoms with Gasteiger partial charge in [0.15, 0.2) is 5.13 Å². The van der Waals surface area contributed by atoms with Crippen molar-refractivity contribution in [2.75, 3.05) is 22.9 Å². The van der Waals surface area contributed by atoms with Crippen LogP contribution in [0.25, 0.3) is 11.3 Å². The minimum atomic E-state index is -3.34. The number of hydrogen-bond acceptors (Lipinski definition) is 5. The second kappa shape index (κ2) is 7.86. The van der Waals surface area contributed by atoms with Crippen LogP contribution in [0, 0.1) is 5.82 Å². The quantitative estimate of drug-likeness (QED) is 0.644. The van der Waals surface area contributed by atoms with E-state index in [-0.39, 0.29) is 10.6 Å². The zero-order chi connectivity index (χ0) is 20.5. The van der Waals surface area contributed by atoms with Crippen molar-refractivity contribution in [3.63, 3.8) is 0 Å². The zero-order valence-electron chi connectivity index (χ0n) is 14.8. The van der Waals surface area contributed by atoms with Crippen LogP contribution < -0.4 is 9.62 Å². The van der Waals surface area contributed by atoms with Gasteiger partial charge in [0.2, 0.25) is 10.0 Å². The summed E-state index contributed by atoms with van der Waals surface area (Å²) in [6.07, 6.45) is 1.12. The van der Waals surface area contributed by atoms with Crippen molar-refractivity contribution in [3.8, 4) is 11.3 Å². The second-order valence-electron chi connectivity index (χ2n) is 5.89. The number of nitrogens with zero attached hydrogens (tertiary/aromatic N) is 2. The van der Waals surface area contributed by atoms with Crippen molar-refractivity contribution in [2.24, 2.45) is 0 Å². The SMILES string of the molecule is CN(c1ccc(-c2csc(NC(=O)c3ccc(Cl)cc3F)n2)cc1)S(C)(=O)=O. The fourth-order valence-corrected chi connectivity index (χ4v) is 3.71. The van der Waals surface area contributed by atoms with Gasteiger partial charge in [-0.2, -0.15) is 0 Å². The highest BCUT2D eigenvalue weighted by Crippen LogP contribution is 2.27. The fourth-order valence-electron chi connectivity index (χ4n) is 2.34. The first kappa shape index (κ1) is 20.2. The molecule has 0 aliphatic rings. The lowest BCUT2D eigenvalue weighted by Crippen LogP contribution is -2.24. The first-order valence-electron chi connectivity index (χ1n) is 7.91. The number of halogens is 2. The molecule has 28 heavy (non-hydrogen) atoms. The number of benzene rings is 2. The highest BCUT2D eigenvalue weighted by Gasteiger charge is 2.15. The first-order valence-corrected chi connectivity index (χ1v) is 11.0. The fraction of sp³-hybridized carbons (Fsp3) is 0.111. The normalized spacial score (nSPS) is 11.3. The van der Waals surface area contributed by atoms with E-state index in [1.165, 1.54) is 34.8 Å². The van der Waals surface area contributed by atoms with E-state index in [9.17, 15) is 17.6 Å². The van der Waals surface area contributed by atoms with Crippen molar-refractivity contribution in [3.05, 3.63) is 64.2 Å². The molecule has 3 rings (SSSR count). The lowest BCUT2D eigenvalue weighted by atomic mass is 10.1. The maximum absolute atomic E-state index is 13.9. The third kappa shape index (κ3) is 4.49. The minimum Gasteiger partial charge on any atom is -0.298 e. The Morgan fingerprint density at radius 3 is 2.50 bits per heavy atom. The predicted octanol–water partition coefficient (Wildman–Crippen LogP) is 4.25. The van der Waals surface area contributed by atoms with Gasteiger partial charge in [-0.25, -0.2) is 17.8 Å². The number of hydrogen-bond donors (Lipinski definition) is 1. The smallest absolute Gasteiger partial charge is 0.260 e.